The van der Waals surface area contributed by atoms with Crippen LogP contribution in [0.3, 0.4) is 0 Å². The number of nitrogens with zero attached hydrogens (tertiary/aromatic N) is 1. The van der Waals surface area contributed by atoms with Gasteiger partial charge in [-0.25, -0.2) is 4.79 Å². The summed E-state index contributed by atoms with van der Waals surface area (Å²) in [6.07, 6.45) is 1.21. The minimum Gasteiger partial charge on any atom is -0.497 e. The summed E-state index contributed by atoms with van der Waals surface area (Å²) in [4.78, 5) is 24.5. The largest absolute Gasteiger partial charge is 0.497 e. The highest BCUT2D eigenvalue weighted by Crippen LogP contribution is 2.33. The van der Waals surface area contributed by atoms with Crippen LogP contribution in [0.5, 0.6) is 17.2 Å². The molecular formula is C22H23N3O6. The fourth-order valence-electron chi connectivity index (χ4n) is 2.60. The quantitative estimate of drug-likeness (QED) is 0.358. The Kier molecular flexibility index (Phi) is 8.28. The maximum Gasteiger partial charge on any atom is 0.340 e. The lowest BCUT2D eigenvalue weighted by Crippen LogP contribution is -2.24. The average molecular weight is 425 g/mol. The number of methoxy groups -OCH3 is 4. The van der Waals surface area contributed by atoms with Gasteiger partial charge >= 0.3 is 5.97 Å². The number of hydrogen-bond donors (Lipinski definition) is 2. The lowest BCUT2D eigenvalue weighted by atomic mass is 10.1. The van der Waals surface area contributed by atoms with E-state index in [1.165, 1.54) is 39.7 Å². The van der Waals surface area contributed by atoms with Crippen molar-refractivity contribution in [3.63, 3.8) is 0 Å². The van der Waals surface area contributed by atoms with Gasteiger partial charge in [-0.05, 0) is 17.7 Å². The van der Waals surface area contributed by atoms with Gasteiger partial charge in [0, 0.05) is 24.9 Å². The van der Waals surface area contributed by atoms with Crippen LogP contribution in [0.15, 0.2) is 48.2 Å². The second-order valence-electron chi connectivity index (χ2n) is 6.09. The number of anilines is 1. The topological polar surface area (TPSA) is 119 Å². The van der Waals surface area contributed by atoms with E-state index in [1.807, 2.05) is 6.07 Å². The molecule has 1 amide bonds. The Morgan fingerprint density at radius 3 is 2.19 bits per heavy atom. The van der Waals surface area contributed by atoms with Crippen LogP contribution >= 0.6 is 0 Å². The molecule has 0 unspecified atom stereocenters. The van der Waals surface area contributed by atoms with Crippen molar-refractivity contribution in [3.8, 4) is 23.3 Å². The predicted molar refractivity (Wildman–Crippen MR) is 113 cm³/mol. The minimum atomic E-state index is -0.626. The van der Waals surface area contributed by atoms with Crippen LogP contribution < -0.4 is 24.8 Å². The summed E-state index contributed by atoms with van der Waals surface area (Å²) in [7, 11) is 5.69. The van der Waals surface area contributed by atoms with Crippen LogP contribution in [0.2, 0.25) is 0 Å². The number of ether oxygens (including phenoxy) is 4. The van der Waals surface area contributed by atoms with Gasteiger partial charge in [0.2, 0.25) is 0 Å². The Morgan fingerprint density at radius 2 is 1.65 bits per heavy atom. The number of carbonyl (C=O) groups excluding carboxylic acids is 2. The molecule has 0 spiro atoms. The molecule has 0 fully saturated rings. The second kappa shape index (κ2) is 11.1. The highest BCUT2D eigenvalue weighted by Gasteiger charge is 2.18. The van der Waals surface area contributed by atoms with Gasteiger partial charge in [0.05, 0.1) is 39.7 Å². The Labute approximate surface area is 180 Å². The molecule has 2 aromatic rings. The second-order valence-corrected chi connectivity index (χ2v) is 6.09. The van der Waals surface area contributed by atoms with Gasteiger partial charge in [0.1, 0.15) is 17.4 Å². The molecule has 31 heavy (non-hydrogen) atoms. The van der Waals surface area contributed by atoms with E-state index >= 15 is 0 Å². The van der Waals surface area contributed by atoms with Crippen molar-refractivity contribution in [2.24, 2.45) is 0 Å². The molecule has 9 nitrogen and oxygen atoms in total. The molecule has 0 saturated heterocycles. The van der Waals surface area contributed by atoms with Gasteiger partial charge in [-0.3, -0.25) is 4.79 Å². The van der Waals surface area contributed by atoms with Crippen molar-refractivity contribution in [2.45, 2.75) is 6.54 Å². The van der Waals surface area contributed by atoms with Gasteiger partial charge in [0.15, 0.2) is 11.5 Å². The molecule has 162 valence electrons. The summed E-state index contributed by atoms with van der Waals surface area (Å²) >= 11 is 0. The third kappa shape index (κ3) is 5.90. The first-order valence-electron chi connectivity index (χ1n) is 9.09. The zero-order valence-corrected chi connectivity index (χ0v) is 17.6. The summed E-state index contributed by atoms with van der Waals surface area (Å²) in [6, 6.07) is 11.9. The van der Waals surface area contributed by atoms with Crippen molar-refractivity contribution in [3.05, 3.63) is 59.3 Å². The van der Waals surface area contributed by atoms with Crippen molar-refractivity contribution >= 4 is 17.6 Å². The van der Waals surface area contributed by atoms with Crippen molar-refractivity contribution in [1.29, 1.82) is 5.26 Å². The van der Waals surface area contributed by atoms with E-state index in [2.05, 4.69) is 10.6 Å². The molecular weight excluding hydrogens is 402 g/mol. The van der Waals surface area contributed by atoms with Crippen molar-refractivity contribution < 1.29 is 28.5 Å². The Morgan fingerprint density at radius 1 is 1.00 bits per heavy atom. The summed E-state index contributed by atoms with van der Waals surface area (Å²) < 4.78 is 20.3. The molecule has 9 heteroatoms. The number of nitrogens with one attached hydrogen (secondary N) is 2. The van der Waals surface area contributed by atoms with Gasteiger partial charge in [-0.15, -0.1) is 0 Å². The lowest BCUT2D eigenvalue weighted by Gasteiger charge is -2.14. The maximum atomic E-state index is 12.4. The van der Waals surface area contributed by atoms with Crippen molar-refractivity contribution in [2.75, 3.05) is 33.8 Å². The molecule has 2 N–H and O–H groups in total. The molecule has 2 rings (SSSR count). The third-order valence-corrected chi connectivity index (χ3v) is 4.28. The SMILES string of the molecule is COC(=O)c1cc(OC)c(OC)cc1N/C=C(/C#N)C(=O)NCc1ccc(OC)cc1. The highest BCUT2D eigenvalue weighted by atomic mass is 16.5. The van der Waals surface area contributed by atoms with Gasteiger partial charge in [-0.1, -0.05) is 12.1 Å². The zero-order chi connectivity index (χ0) is 22.8. The first-order valence-corrected chi connectivity index (χ1v) is 9.09. The number of rotatable bonds is 9. The first-order chi connectivity index (χ1) is 15.0. The van der Waals surface area contributed by atoms with Crippen LogP contribution in [0.25, 0.3) is 0 Å². The van der Waals surface area contributed by atoms with E-state index in [0.29, 0.717) is 17.2 Å². The molecule has 0 radical (unpaired) electrons. The molecule has 0 atom stereocenters. The smallest absolute Gasteiger partial charge is 0.340 e. The van der Waals surface area contributed by atoms with Gasteiger partial charge in [-0.2, -0.15) is 5.26 Å². The number of benzene rings is 2. The van der Waals surface area contributed by atoms with Crippen LogP contribution in [0, 0.1) is 11.3 Å². The fourth-order valence-corrected chi connectivity index (χ4v) is 2.60. The summed E-state index contributed by atoms with van der Waals surface area (Å²) in [6.45, 7) is 0.228. The Bertz CT molecular complexity index is 1010. The molecule has 0 aliphatic rings. The van der Waals surface area contributed by atoms with E-state index in [9.17, 15) is 14.9 Å². The molecule has 0 aliphatic heterocycles. The monoisotopic (exact) mass is 425 g/mol. The summed E-state index contributed by atoms with van der Waals surface area (Å²) in [5.41, 5.74) is 1.08. The van der Waals surface area contributed by atoms with E-state index in [0.717, 1.165) is 5.56 Å². The van der Waals surface area contributed by atoms with Crippen LogP contribution in [0.1, 0.15) is 15.9 Å². The third-order valence-electron chi connectivity index (χ3n) is 4.28. The molecule has 0 heterocycles. The molecule has 0 saturated carbocycles. The average Bonchev–Trinajstić information content (AvgIpc) is 2.82. The first kappa shape index (κ1) is 23.1. The van der Waals surface area contributed by atoms with E-state index in [-0.39, 0.29) is 23.4 Å². The predicted octanol–water partition coefficient (Wildman–Crippen LogP) is 2.63. The van der Waals surface area contributed by atoms with E-state index in [4.69, 9.17) is 18.9 Å². The van der Waals surface area contributed by atoms with Crippen LogP contribution in [-0.2, 0) is 16.1 Å². The lowest BCUT2D eigenvalue weighted by molar-refractivity contribution is -0.117. The molecule has 2 aromatic carbocycles. The van der Waals surface area contributed by atoms with E-state index in [1.54, 1.807) is 31.4 Å². The maximum absolute atomic E-state index is 12.4. The molecule has 0 aromatic heterocycles. The molecule has 0 aliphatic carbocycles. The van der Waals surface area contributed by atoms with Crippen LogP contribution in [-0.4, -0.2) is 40.3 Å². The standard InChI is InChI=1S/C22H23N3O6/c1-28-16-7-5-14(6-8-16)12-25-21(26)15(11-23)13-24-18-10-20(30-3)19(29-2)9-17(18)22(27)31-4/h5-10,13,24H,12H2,1-4H3,(H,25,26)/b15-13-. The number of carbonyl (C=O) groups is 2. The normalized spacial score (nSPS) is 10.5. The Balaban J connectivity index is 2.19. The number of hydrogen-bond acceptors (Lipinski definition) is 8. The van der Waals surface area contributed by atoms with Crippen molar-refractivity contribution in [1.82, 2.24) is 5.32 Å². The van der Waals surface area contributed by atoms with Gasteiger partial charge < -0.3 is 29.6 Å². The number of amides is 1. The Hall–Kier alpha value is -4.19. The van der Waals surface area contributed by atoms with Gasteiger partial charge in [0.25, 0.3) is 5.91 Å². The van der Waals surface area contributed by atoms with E-state index < -0.39 is 11.9 Å². The van der Waals surface area contributed by atoms with Crippen LogP contribution in [0.4, 0.5) is 5.69 Å². The summed E-state index contributed by atoms with van der Waals surface area (Å²) in [5, 5.41) is 14.8. The molecule has 0 bridgehead atoms. The highest BCUT2D eigenvalue weighted by molar-refractivity contribution is 5.99. The summed E-state index contributed by atoms with van der Waals surface area (Å²) in [5.74, 6) is 0.183. The zero-order valence-electron chi connectivity index (χ0n) is 17.6. The fraction of sp³-hybridized carbons (Fsp3) is 0.227. The number of esters is 1. The number of nitriles is 1. The minimum absolute atomic E-state index is 0.146.